The molecule has 0 spiro atoms. The van der Waals surface area contributed by atoms with Crippen molar-refractivity contribution in [1.29, 1.82) is 0 Å². The minimum atomic E-state index is -0.480. The van der Waals surface area contributed by atoms with E-state index in [4.69, 9.17) is 4.74 Å². The van der Waals surface area contributed by atoms with Gasteiger partial charge < -0.3 is 9.64 Å². The fourth-order valence-corrected chi connectivity index (χ4v) is 2.53. The summed E-state index contributed by atoms with van der Waals surface area (Å²) in [5, 5.41) is 10.5. The maximum Gasteiger partial charge on any atom is 0.361 e. The van der Waals surface area contributed by atoms with E-state index in [9.17, 15) is 4.79 Å². The van der Waals surface area contributed by atoms with Crippen LogP contribution in [0.25, 0.3) is 11.3 Å². The first-order chi connectivity index (χ1) is 12.1. The third-order valence-electron chi connectivity index (χ3n) is 3.97. The molecule has 6 nitrogen and oxygen atoms in total. The molecule has 25 heavy (non-hydrogen) atoms. The van der Waals surface area contributed by atoms with Crippen molar-refractivity contribution >= 4 is 17.3 Å². The molecule has 1 aromatic heterocycles. The number of aryl methyl sites for hydroxylation is 1. The van der Waals surface area contributed by atoms with Gasteiger partial charge in [0.15, 0.2) is 5.69 Å². The van der Waals surface area contributed by atoms with Gasteiger partial charge in [0.1, 0.15) is 5.69 Å². The highest BCUT2D eigenvalue weighted by Gasteiger charge is 2.19. The molecule has 3 rings (SSSR count). The van der Waals surface area contributed by atoms with Crippen molar-refractivity contribution in [3.63, 3.8) is 0 Å². The molecule has 0 saturated heterocycles. The first-order valence-corrected chi connectivity index (χ1v) is 8.09. The maximum absolute atomic E-state index is 11.9. The minimum Gasteiger partial charge on any atom is -0.461 e. The second-order valence-corrected chi connectivity index (χ2v) is 5.68. The van der Waals surface area contributed by atoms with Gasteiger partial charge in [-0.3, -0.25) is 0 Å². The number of carbonyl (C=O) groups is 1. The van der Waals surface area contributed by atoms with Crippen molar-refractivity contribution in [3.8, 4) is 11.3 Å². The number of esters is 1. The van der Waals surface area contributed by atoms with Crippen molar-refractivity contribution in [2.24, 2.45) is 0 Å². The second kappa shape index (κ2) is 7.17. The van der Waals surface area contributed by atoms with E-state index in [2.05, 4.69) is 51.5 Å². The largest absolute Gasteiger partial charge is 0.461 e. The molecule has 2 aromatic carbocycles. The molecule has 1 heterocycles. The predicted octanol–water partition coefficient (Wildman–Crippen LogP) is 3.72. The molecule has 0 saturated carbocycles. The smallest absolute Gasteiger partial charge is 0.361 e. The van der Waals surface area contributed by atoms with Gasteiger partial charge in [0, 0.05) is 24.0 Å². The van der Waals surface area contributed by atoms with Crippen LogP contribution in [0.2, 0.25) is 0 Å². The number of H-pyrrole nitrogens is 1. The van der Waals surface area contributed by atoms with Gasteiger partial charge in [-0.25, -0.2) is 4.79 Å². The maximum atomic E-state index is 11.9. The zero-order valence-corrected chi connectivity index (χ0v) is 14.5. The zero-order chi connectivity index (χ0) is 17.8. The van der Waals surface area contributed by atoms with Crippen molar-refractivity contribution in [1.82, 2.24) is 15.4 Å². The van der Waals surface area contributed by atoms with E-state index in [1.807, 2.05) is 31.3 Å². The van der Waals surface area contributed by atoms with Gasteiger partial charge in [0.2, 0.25) is 0 Å². The van der Waals surface area contributed by atoms with Crippen LogP contribution in [0.1, 0.15) is 23.0 Å². The summed E-state index contributed by atoms with van der Waals surface area (Å²) in [6.45, 7) is 4.12. The number of anilines is 2. The summed E-state index contributed by atoms with van der Waals surface area (Å²) < 4.78 is 5.01. The van der Waals surface area contributed by atoms with Crippen molar-refractivity contribution in [2.45, 2.75) is 13.8 Å². The molecule has 0 atom stereocenters. The standard InChI is InChI=1S/C19H20N4O2/c1-4-25-19(24)18-17(20-22-21-18)14-7-11-16(12-8-14)23(3)15-9-5-13(2)6-10-15/h5-12H,4H2,1-3H3,(H,20,21,22). The number of hydrogen-bond acceptors (Lipinski definition) is 5. The molecule has 0 unspecified atom stereocenters. The Morgan fingerprint density at radius 3 is 2.24 bits per heavy atom. The van der Waals surface area contributed by atoms with E-state index in [1.54, 1.807) is 6.92 Å². The Labute approximate surface area is 146 Å². The lowest BCUT2D eigenvalue weighted by Gasteiger charge is -2.20. The quantitative estimate of drug-likeness (QED) is 0.719. The number of hydrogen-bond donors (Lipinski definition) is 1. The molecule has 0 aliphatic rings. The highest BCUT2D eigenvalue weighted by molar-refractivity contribution is 5.94. The Balaban J connectivity index is 1.84. The van der Waals surface area contributed by atoms with E-state index in [1.165, 1.54) is 5.56 Å². The molecule has 0 aliphatic carbocycles. The van der Waals surface area contributed by atoms with Crippen LogP contribution in [0.3, 0.4) is 0 Å². The van der Waals surface area contributed by atoms with Crippen LogP contribution < -0.4 is 4.90 Å². The Morgan fingerprint density at radius 2 is 1.64 bits per heavy atom. The molecular formula is C19H20N4O2. The molecular weight excluding hydrogens is 316 g/mol. The summed E-state index contributed by atoms with van der Waals surface area (Å²) in [5.74, 6) is -0.480. The lowest BCUT2D eigenvalue weighted by Crippen LogP contribution is -2.09. The molecule has 0 aliphatic heterocycles. The Morgan fingerprint density at radius 1 is 1.04 bits per heavy atom. The monoisotopic (exact) mass is 336 g/mol. The van der Waals surface area contributed by atoms with Crippen molar-refractivity contribution in [2.75, 3.05) is 18.6 Å². The summed E-state index contributed by atoms with van der Waals surface area (Å²) in [6, 6.07) is 16.1. The lowest BCUT2D eigenvalue weighted by molar-refractivity contribution is 0.0520. The third kappa shape index (κ3) is 3.52. The SMILES string of the molecule is CCOC(=O)c1n[nH]nc1-c1ccc(N(C)c2ccc(C)cc2)cc1. The van der Waals surface area contributed by atoms with Crippen LogP contribution in [-0.4, -0.2) is 35.0 Å². The highest BCUT2D eigenvalue weighted by atomic mass is 16.5. The molecule has 128 valence electrons. The van der Waals surface area contributed by atoms with Crippen LogP contribution >= 0.6 is 0 Å². The molecule has 6 heteroatoms. The summed E-state index contributed by atoms with van der Waals surface area (Å²) in [6.07, 6.45) is 0. The van der Waals surface area contributed by atoms with Crippen molar-refractivity contribution < 1.29 is 9.53 Å². The lowest BCUT2D eigenvalue weighted by atomic mass is 10.1. The molecule has 3 aromatic rings. The number of rotatable bonds is 5. The molecule has 0 amide bonds. The van der Waals surface area contributed by atoms with Gasteiger partial charge in [0.25, 0.3) is 0 Å². The van der Waals surface area contributed by atoms with Gasteiger partial charge >= 0.3 is 5.97 Å². The normalized spacial score (nSPS) is 10.5. The zero-order valence-electron chi connectivity index (χ0n) is 14.5. The Kier molecular flexibility index (Phi) is 4.79. The van der Waals surface area contributed by atoms with E-state index in [0.717, 1.165) is 16.9 Å². The number of carbonyl (C=O) groups excluding carboxylic acids is 1. The highest BCUT2D eigenvalue weighted by Crippen LogP contribution is 2.27. The molecule has 1 N–H and O–H groups in total. The Bertz CT molecular complexity index is 854. The van der Waals surface area contributed by atoms with Crippen LogP contribution in [-0.2, 0) is 4.74 Å². The summed E-state index contributed by atoms with van der Waals surface area (Å²) in [4.78, 5) is 14.0. The van der Waals surface area contributed by atoms with Crippen molar-refractivity contribution in [3.05, 3.63) is 59.8 Å². The predicted molar refractivity (Wildman–Crippen MR) is 97.0 cm³/mol. The van der Waals surface area contributed by atoms with E-state index >= 15 is 0 Å². The number of nitrogens with one attached hydrogen (secondary N) is 1. The first-order valence-electron chi connectivity index (χ1n) is 8.09. The summed E-state index contributed by atoms with van der Waals surface area (Å²) in [5.41, 5.74) is 4.85. The van der Waals surface area contributed by atoms with Crippen LogP contribution in [0, 0.1) is 6.92 Å². The van der Waals surface area contributed by atoms with Gasteiger partial charge in [0.05, 0.1) is 6.61 Å². The Hall–Kier alpha value is -3.15. The first kappa shape index (κ1) is 16.7. The van der Waals surface area contributed by atoms with Crippen LogP contribution in [0.5, 0.6) is 0 Å². The van der Waals surface area contributed by atoms with Gasteiger partial charge in [-0.15, -0.1) is 5.10 Å². The summed E-state index contributed by atoms with van der Waals surface area (Å²) in [7, 11) is 2.01. The summed E-state index contributed by atoms with van der Waals surface area (Å²) >= 11 is 0. The third-order valence-corrected chi connectivity index (χ3v) is 3.97. The fraction of sp³-hybridized carbons (Fsp3) is 0.211. The topological polar surface area (TPSA) is 71.1 Å². The van der Waals surface area contributed by atoms with Gasteiger partial charge in [-0.1, -0.05) is 29.8 Å². The minimum absolute atomic E-state index is 0.196. The van der Waals surface area contributed by atoms with E-state index in [0.29, 0.717) is 12.3 Å². The number of aromatic amines is 1. The number of ether oxygens (including phenoxy) is 1. The second-order valence-electron chi connectivity index (χ2n) is 5.68. The fourth-order valence-electron chi connectivity index (χ4n) is 2.53. The molecule has 0 fully saturated rings. The molecule has 0 radical (unpaired) electrons. The number of benzene rings is 2. The number of nitrogens with zero attached hydrogens (tertiary/aromatic N) is 3. The van der Waals surface area contributed by atoms with E-state index < -0.39 is 5.97 Å². The van der Waals surface area contributed by atoms with Crippen LogP contribution in [0.15, 0.2) is 48.5 Å². The average Bonchev–Trinajstić information content (AvgIpc) is 3.12. The van der Waals surface area contributed by atoms with E-state index in [-0.39, 0.29) is 5.69 Å². The van der Waals surface area contributed by atoms with Gasteiger partial charge in [-0.2, -0.15) is 10.3 Å². The van der Waals surface area contributed by atoms with Gasteiger partial charge in [-0.05, 0) is 38.1 Å². The number of aromatic nitrogens is 3. The molecule has 0 bridgehead atoms. The average molecular weight is 336 g/mol. The van der Waals surface area contributed by atoms with Crippen LogP contribution in [0.4, 0.5) is 11.4 Å².